The van der Waals surface area contributed by atoms with Crippen molar-refractivity contribution in [2.24, 2.45) is 11.1 Å². The van der Waals surface area contributed by atoms with Crippen molar-refractivity contribution < 1.29 is 20.8 Å². The quantitative estimate of drug-likeness (QED) is 0.871. The molecule has 1 fully saturated rings. The zero-order valence-corrected chi connectivity index (χ0v) is 11.6. The molecule has 1 aromatic rings. The van der Waals surface area contributed by atoms with Crippen molar-refractivity contribution in [1.29, 1.82) is 0 Å². The van der Waals surface area contributed by atoms with Gasteiger partial charge in [0, 0.05) is 13.6 Å². The van der Waals surface area contributed by atoms with Crippen LogP contribution in [-0.2, 0) is 0 Å². The molecule has 1 unspecified atom stereocenters. The zero-order valence-electron chi connectivity index (χ0n) is 19.6. The van der Waals surface area contributed by atoms with Crippen LogP contribution in [0.25, 0.3) is 0 Å². The minimum atomic E-state index is -3.23. The summed E-state index contributed by atoms with van der Waals surface area (Å²) < 4.78 is 66.9. The van der Waals surface area contributed by atoms with Crippen LogP contribution in [0.5, 0.6) is 5.75 Å². The summed E-state index contributed by atoms with van der Waals surface area (Å²) in [5, 5.41) is 10.5. The molecule has 112 valence electrons. The van der Waals surface area contributed by atoms with Gasteiger partial charge in [0.2, 0.25) is 0 Å². The summed E-state index contributed by atoms with van der Waals surface area (Å²) in [6.45, 7) is -6.52. The maximum Gasteiger partial charge on any atom is 0.119 e. The van der Waals surface area contributed by atoms with E-state index in [1.807, 2.05) is 6.92 Å². The van der Waals surface area contributed by atoms with Crippen molar-refractivity contribution in [2.75, 3.05) is 6.56 Å². The van der Waals surface area contributed by atoms with Crippen LogP contribution in [0.4, 0.5) is 0 Å². The molecule has 1 saturated carbocycles. The van der Waals surface area contributed by atoms with Gasteiger partial charge in [-0.15, -0.1) is 0 Å². The summed E-state index contributed by atoms with van der Waals surface area (Å²) in [7, 11) is 0. The highest BCUT2D eigenvalue weighted by Gasteiger charge is 2.29. The Morgan fingerprint density at radius 3 is 2.55 bits per heavy atom. The highest BCUT2D eigenvalue weighted by atomic mass is 16.5. The van der Waals surface area contributed by atoms with Crippen molar-refractivity contribution in [2.45, 2.75) is 58.0 Å². The second kappa shape index (κ2) is 5.74. The molecule has 0 spiro atoms. The number of rotatable bonds is 5. The maximum atomic E-state index is 10.5. The number of benzene rings is 1. The van der Waals surface area contributed by atoms with E-state index in [1.54, 1.807) is 0 Å². The molecule has 1 aromatic carbocycles. The molecule has 0 bridgehead atoms. The molecule has 1 atom stereocenters. The molecule has 0 saturated heterocycles. The van der Waals surface area contributed by atoms with Crippen molar-refractivity contribution in [1.82, 2.24) is 0 Å². The first-order valence-corrected chi connectivity index (χ1v) is 6.82. The summed E-state index contributed by atoms with van der Waals surface area (Å²) in [4.78, 5) is 0. The molecule has 3 nitrogen and oxygen atoms in total. The molecule has 0 amide bonds. The molecular weight excluding hydrogens is 250 g/mol. The van der Waals surface area contributed by atoms with Gasteiger partial charge in [-0.1, -0.05) is 31.9 Å². The lowest BCUT2D eigenvalue weighted by Gasteiger charge is -2.26. The average molecular weight is 285 g/mol. The summed E-state index contributed by atoms with van der Waals surface area (Å²) in [5.41, 5.74) is 2.21. The Kier molecular flexibility index (Phi) is 2.24. The molecule has 1 aliphatic carbocycles. The maximum absolute atomic E-state index is 10.5. The molecule has 0 aliphatic heterocycles. The lowest BCUT2D eigenvalue weighted by molar-refractivity contribution is 0.0517. The SMILES string of the molecule is [2H]C([2H])([2H])C(O)(C(N)c1ccc(OC([2H])([2H])C2(C)CCCC2)cc1)C([2H])([2H])[2H]. The van der Waals surface area contributed by atoms with Gasteiger partial charge in [0.15, 0.2) is 0 Å². The van der Waals surface area contributed by atoms with Crippen LogP contribution in [0.15, 0.2) is 24.3 Å². The van der Waals surface area contributed by atoms with E-state index in [0.29, 0.717) is 12.8 Å². The Balaban J connectivity index is 2.26. The fourth-order valence-electron chi connectivity index (χ4n) is 2.42. The Bertz CT molecular complexity index is 664. The third-order valence-electron chi connectivity index (χ3n) is 3.81. The van der Waals surface area contributed by atoms with E-state index in [9.17, 15) is 5.11 Å². The van der Waals surface area contributed by atoms with Gasteiger partial charge in [0.1, 0.15) is 5.75 Å². The van der Waals surface area contributed by atoms with E-state index in [-0.39, 0.29) is 11.3 Å². The Hall–Kier alpha value is -1.06. The number of aliphatic hydroxyl groups is 1. The fraction of sp³-hybridized carbons (Fsp3) is 0.647. The topological polar surface area (TPSA) is 55.5 Å². The molecule has 3 N–H and O–H groups in total. The zero-order chi connectivity index (χ0) is 21.6. The van der Waals surface area contributed by atoms with Gasteiger partial charge in [-0.3, -0.25) is 0 Å². The highest BCUT2D eigenvalue weighted by Crippen LogP contribution is 2.37. The van der Waals surface area contributed by atoms with Crippen LogP contribution < -0.4 is 10.5 Å². The molecule has 0 aromatic heterocycles. The average Bonchev–Trinajstić information content (AvgIpc) is 3.00. The van der Waals surface area contributed by atoms with Crippen LogP contribution in [-0.4, -0.2) is 17.3 Å². The van der Waals surface area contributed by atoms with Crippen LogP contribution in [0.1, 0.15) is 68.9 Å². The molecule has 3 heteroatoms. The third kappa shape index (κ3) is 3.74. The number of hydrogen-bond acceptors (Lipinski definition) is 3. The first kappa shape index (κ1) is 7.81. The van der Waals surface area contributed by atoms with Crippen LogP contribution >= 0.6 is 0 Å². The Morgan fingerprint density at radius 2 is 2.00 bits per heavy atom. The lowest BCUT2D eigenvalue weighted by Crippen LogP contribution is -2.34. The molecule has 0 heterocycles. The van der Waals surface area contributed by atoms with E-state index in [2.05, 4.69) is 0 Å². The van der Waals surface area contributed by atoms with Crippen LogP contribution in [0.2, 0.25) is 0 Å². The Morgan fingerprint density at radius 1 is 1.40 bits per heavy atom. The largest absolute Gasteiger partial charge is 0.493 e. The van der Waals surface area contributed by atoms with Gasteiger partial charge < -0.3 is 15.6 Å². The standard InChI is InChI=1S/C17H27NO2/c1-16(2,19)15(18)13-6-8-14(9-7-13)20-12-17(3)10-4-5-11-17/h6-9,15,19H,4-5,10-12,18H2,1-3H3/i1D3,2D3,12D2. The fourth-order valence-corrected chi connectivity index (χ4v) is 2.42. The predicted molar refractivity (Wildman–Crippen MR) is 81.7 cm³/mol. The molecular formula is C17H27NO2. The summed E-state index contributed by atoms with van der Waals surface area (Å²) in [6.07, 6.45) is 3.31. The van der Waals surface area contributed by atoms with Crippen molar-refractivity contribution in [3.8, 4) is 5.75 Å². The summed E-state index contributed by atoms with van der Waals surface area (Å²) in [6, 6.07) is 3.77. The van der Waals surface area contributed by atoms with Crippen molar-refractivity contribution in [3.63, 3.8) is 0 Å². The van der Waals surface area contributed by atoms with Gasteiger partial charge in [-0.25, -0.2) is 0 Å². The number of ether oxygens (including phenoxy) is 1. The molecule has 20 heavy (non-hydrogen) atoms. The van der Waals surface area contributed by atoms with E-state index < -0.39 is 37.3 Å². The van der Waals surface area contributed by atoms with E-state index in [4.69, 9.17) is 21.4 Å². The van der Waals surface area contributed by atoms with E-state index >= 15 is 0 Å². The van der Waals surface area contributed by atoms with Gasteiger partial charge in [-0.05, 0) is 44.2 Å². The van der Waals surface area contributed by atoms with Crippen molar-refractivity contribution >= 4 is 0 Å². The summed E-state index contributed by atoms with van der Waals surface area (Å²) >= 11 is 0. The van der Waals surface area contributed by atoms with E-state index in [1.165, 1.54) is 24.3 Å². The molecule has 0 radical (unpaired) electrons. The van der Waals surface area contributed by atoms with Crippen LogP contribution in [0, 0.1) is 5.41 Å². The molecule has 1 aliphatic rings. The monoisotopic (exact) mass is 285 g/mol. The first-order chi connectivity index (χ1) is 12.6. The van der Waals surface area contributed by atoms with Gasteiger partial charge in [-0.2, -0.15) is 0 Å². The van der Waals surface area contributed by atoms with Gasteiger partial charge >= 0.3 is 0 Å². The van der Waals surface area contributed by atoms with Gasteiger partial charge in [0.25, 0.3) is 0 Å². The Labute approximate surface area is 133 Å². The normalized spacial score (nSPS) is 27.8. The smallest absolute Gasteiger partial charge is 0.119 e. The van der Waals surface area contributed by atoms with Crippen molar-refractivity contribution in [3.05, 3.63) is 29.8 Å². The minimum absolute atomic E-state index is 0.0924. The minimum Gasteiger partial charge on any atom is -0.493 e. The summed E-state index contributed by atoms with van der Waals surface area (Å²) in [5.74, 6) is 0.209. The highest BCUT2D eigenvalue weighted by molar-refractivity contribution is 5.30. The second-order valence-corrected chi connectivity index (χ2v) is 5.78. The second-order valence-electron chi connectivity index (χ2n) is 5.78. The first-order valence-electron chi connectivity index (χ1n) is 10.8. The molecule has 2 rings (SSSR count). The van der Waals surface area contributed by atoms with E-state index in [0.717, 1.165) is 12.8 Å². The lowest BCUT2D eigenvalue weighted by atomic mass is 9.90. The van der Waals surface area contributed by atoms with Crippen LogP contribution in [0.3, 0.4) is 0 Å². The number of nitrogens with two attached hydrogens (primary N) is 1. The number of hydrogen-bond donors (Lipinski definition) is 2. The van der Waals surface area contributed by atoms with Gasteiger partial charge in [0.05, 0.1) is 20.9 Å². The third-order valence-corrected chi connectivity index (χ3v) is 3.81. The predicted octanol–water partition coefficient (Wildman–Crippen LogP) is 3.42.